The van der Waals surface area contributed by atoms with Gasteiger partial charge in [-0.15, -0.1) is 0 Å². The van der Waals surface area contributed by atoms with Crippen molar-refractivity contribution in [2.24, 2.45) is 11.8 Å². The number of nitrogens with zero attached hydrogens (tertiary/aromatic N) is 2. The average Bonchev–Trinajstić information content (AvgIpc) is 3.96. The molecular weight excluding hydrogens is 824 g/mol. The summed E-state index contributed by atoms with van der Waals surface area (Å²) in [5.74, 6) is -1.83. The number of imide groups is 1. The number of likely N-dealkylation sites (tertiary alicyclic amines) is 1. The van der Waals surface area contributed by atoms with Gasteiger partial charge in [0, 0.05) is 25.9 Å². The zero-order valence-electron chi connectivity index (χ0n) is 39.8. The van der Waals surface area contributed by atoms with Crippen LogP contribution in [-0.2, 0) is 54.2 Å². The van der Waals surface area contributed by atoms with Crippen molar-refractivity contribution in [3.63, 3.8) is 0 Å². The molecule has 0 aromatic carbocycles. The van der Waals surface area contributed by atoms with Crippen LogP contribution in [0.3, 0.4) is 0 Å². The van der Waals surface area contributed by atoms with Crippen LogP contribution in [0.1, 0.15) is 220 Å². The zero-order chi connectivity index (χ0) is 44.8. The fourth-order valence-electron chi connectivity index (χ4n) is 9.38. The van der Waals surface area contributed by atoms with Crippen LogP contribution in [0.25, 0.3) is 0 Å². The lowest BCUT2D eigenvalue weighted by Gasteiger charge is -2.33. The maximum atomic E-state index is 13.3. The third-order valence-corrected chi connectivity index (χ3v) is 16.7. The molecule has 2 unspecified atom stereocenters. The second kappa shape index (κ2) is 33.1. The molecule has 3 aliphatic rings. The van der Waals surface area contributed by atoms with Gasteiger partial charge in [0.15, 0.2) is 6.10 Å². The fourth-order valence-corrected chi connectivity index (χ4v) is 12.2. The van der Waals surface area contributed by atoms with Gasteiger partial charge in [-0.2, -0.15) is 0 Å². The first-order chi connectivity index (χ1) is 30.2. The predicted octanol–water partition coefficient (Wildman–Crippen LogP) is 12.2. The van der Waals surface area contributed by atoms with Crippen molar-refractivity contribution >= 4 is 42.2 Å². The highest BCUT2D eigenvalue weighted by Crippen LogP contribution is 2.53. The summed E-state index contributed by atoms with van der Waals surface area (Å²) < 4.78 is 32.0. The molecule has 360 valence electrons. The second-order valence-electron chi connectivity index (χ2n) is 18.2. The van der Waals surface area contributed by atoms with Crippen molar-refractivity contribution in [1.29, 1.82) is 0 Å². The summed E-state index contributed by atoms with van der Waals surface area (Å²) in [4.78, 5) is 53.8. The van der Waals surface area contributed by atoms with Crippen molar-refractivity contribution < 1.29 is 42.4 Å². The number of hydrogen-bond acceptors (Lipinski definition) is 10. The molecule has 6 atom stereocenters. The summed E-state index contributed by atoms with van der Waals surface area (Å²) in [5.41, 5.74) is 0. The Kier molecular flexibility index (Phi) is 29.3. The summed E-state index contributed by atoms with van der Waals surface area (Å²) in [7, 11) is 0. The Hall–Kier alpha value is -1.43. The van der Waals surface area contributed by atoms with Gasteiger partial charge >= 0.3 is 11.9 Å². The average molecular weight is 913 g/mol. The Morgan fingerprint density at radius 1 is 0.613 bits per heavy atom. The molecule has 2 amide bonds. The van der Waals surface area contributed by atoms with E-state index in [0.717, 1.165) is 51.4 Å². The van der Waals surface area contributed by atoms with Crippen LogP contribution in [0.5, 0.6) is 0 Å². The molecule has 3 fully saturated rings. The van der Waals surface area contributed by atoms with Gasteiger partial charge in [0.25, 0.3) is 6.64 Å². The van der Waals surface area contributed by atoms with Gasteiger partial charge < -0.3 is 23.3 Å². The molecule has 0 spiro atoms. The van der Waals surface area contributed by atoms with E-state index in [9.17, 15) is 19.2 Å². The van der Waals surface area contributed by atoms with E-state index in [2.05, 4.69) is 13.8 Å². The van der Waals surface area contributed by atoms with Gasteiger partial charge in [0.1, 0.15) is 6.61 Å². The van der Waals surface area contributed by atoms with Gasteiger partial charge in [-0.3, -0.25) is 24.1 Å². The first-order valence-electron chi connectivity index (χ1n) is 25.7. The Morgan fingerprint density at radius 3 is 1.44 bits per heavy atom. The zero-order valence-corrected chi connectivity index (χ0v) is 41.5. The lowest BCUT2D eigenvalue weighted by molar-refractivity contribution is -0.161. The van der Waals surface area contributed by atoms with Crippen LogP contribution in [0.15, 0.2) is 0 Å². The van der Waals surface area contributed by atoms with Gasteiger partial charge in [-0.1, -0.05) is 182 Å². The van der Waals surface area contributed by atoms with E-state index in [0.29, 0.717) is 19.5 Å². The van der Waals surface area contributed by atoms with Crippen molar-refractivity contribution in [2.45, 2.75) is 239 Å². The number of carbonyl (C=O) groups is 4. The minimum Gasteiger partial charge on any atom is -0.462 e. The molecular formula is C49H89N2O9PS. The summed E-state index contributed by atoms with van der Waals surface area (Å²) in [6, 6.07) is 0. The number of fused-ring (bicyclic) bond motifs is 5. The standard InChI is InChI=1S/C49H89N2O9PS/c1-5-9-11-13-15-17-19-21-23-25-27-29-31-33-44(52)56-39-41(59-45(53)34-32-30-28-26-24-22-20-18-16-14-12-10-6-2)40-58-61(62,50(7-3)8-4)57-38-37-51-48(54)46-42-35-36-43(60-42)47(46)49(51)55/h41-43,46-47H,5-40H2,1-4H3/t41?,42-,43+,46-,47+,61?. The maximum absolute atomic E-state index is 13.3. The number of ether oxygens (including phenoxy) is 3. The number of amides is 2. The largest absolute Gasteiger partial charge is 0.462 e. The first kappa shape index (κ1) is 54.9. The topological polar surface area (TPSA) is 121 Å². The third kappa shape index (κ3) is 20.4. The normalized spacial score (nSPS) is 20.9. The molecule has 2 bridgehead atoms. The van der Waals surface area contributed by atoms with Crippen molar-refractivity contribution in [3.05, 3.63) is 0 Å². The minimum absolute atomic E-state index is 0.0263. The monoisotopic (exact) mass is 913 g/mol. The smallest absolute Gasteiger partial charge is 0.306 e. The number of esters is 2. The molecule has 0 aliphatic carbocycles. The third-order valence-electron chi connectivity index (χ3n) is 13.1. The first-order valence-corrected chi connectivity index (χ1v) is 28.3. The lowest BCUT2D eigenvalue weighted by atomic mass is 9.81. The molecule has 3 heterocycles. The molecule has 0 N–H and O–H groups in total. The predicted molar refractivity (Wildman–Crippen MR) is 252 cm³/mol. The van der Waals surface area contributed by atoms with Gasteiger partial charge in [-0.25, -0.2) is 4.67 Å². The van der Waals surface area contributed by atoms with Crippen LogP contribution >= 0.6 is 6.64 Å². The van der Waals surface area contributed by atoms with E-state index in [-0.39, 0.29) is 68.7 Å². The Bertz CT molecular complexity index is 1270. The Balaban J connectivity index is 1.44. The Morgan fingerprint density at radius 2 is 1.02 bits per heavy atom. The number of rotatable bonds is 41. The number of unbranched alkanes of at least 4 members (excludes halogenated alkanes) is 24. The van der Waals surface area contributed by atoms with E-state index in [4.69, 9.17) is 35.1 Å². The van der Waals surface area contributed by atoms with Crippen LogP contribution in [0, 0.1) is 11.8 Å². The highest BCUT2D eigenvalue weighted by Gasteiger charge is 2.62. The molecule has 11 nitrogen and oxygen atoms in total. The van der Waals surface area contributed by atoms with Gasteiger partial charge in [0.05, 0.1) is 43.8 Å². The maximum Gasteiger partial charge on any atom is 0.306 e. The van der Waals surface area contributed by atoms with Crippen molar-refractivity contribution in [3.8, 4) is 0 Å². The van der Waals surface area contributed by atoms with Crippen LogP contribution in [-0.4, -0.2) is 91.1 Å². The molecule has 13 heteroatoms. The Labute approximate surface area is 382 Å². The molecule has 3 rings (SSSR count). The van der Waals surface area contributed by atoms with Crippen molar-refractivity contribution in [2.75, 3.05) is 39.5 Å². The summed E-state index contributed by atoms with van der Waals surface area (Å²) in [6.07, 6.45) is 32.9. The molecule has 3 saturated heterocycles. The SMILES string of the molecule is CCCCCCCCCCCCCCCC(=O)OCC(COP(=S)(OCCN1C(=O)[C@@H]2[C@H](C1=O)[C@H]1CC[C@@H]2O1)N(CC)CC)OC(=O)CCCCCCCCCCCCCCC. The van der Waals surface area contributed by atoms with Gasteiger partial charge in [-0.05, 0) is 37.5 Å². The van der Waals surface area contributed by atoms with Crippen LogP contribution in [0.4, 0.5) is 0 Å². The molecule has 0 saturated carbocycles. The van der Waals surface area contributed by atoms with E-state index < -0.39 is 24.6 Å². The van der Waals surface area contributed by atoms with E-state index in [1.165, 1.54) is 133 Å². The number of hydrogen-bond donors (Lipinski definition) is 0. The van der Waals surface area contributed by atoms with E-state index >= 15 is 0 Å². The quantitative estimate of drug-likeness (QED) is 0.0252. The molecule has 3 aliphatic heterocycles. The van der Waals surface area contributed by atoms with Crippen LogP contribution in [0.2, 0.25) is 0 Å². The summed E-state index contributed by atoms with van der Waals surface area (Å²) >= 11 is 6.06. The molecule has 0 aromatic rings. The van der Waals surface area contributed by atoms with Gasteiger partial charge in [0.2, 0.25) is 11.8 Å². The molecule has 62 heavy (non-hydrogen) atoms. The lowest BCUT2D eigenvalue weighted by Crippen LogP contribution is -2.37. The van der Waals surface area contributed by atoms with Crippen LogP contribution < -0.4 is 0 Å². The highest BCUT2D eigenvalue weighted by molar-refractivity contribution is 8.08. The summed E-state index contributed by atoms with van der Waals surface area (Å²) in [5, 5.41) is 0. The van der Waals surface area contributed by atoms with E-state index in [1.54, 1.807) is 0 Å². The molecule has 0 aromatic heterocycles. The summed E-state index contributed by atoms with van der Waals surface area (Å²) in [6.45, 7) is 6.30. The molecule has 0 radical (unpaired) electrons. The highest BCUT2D eigenvalue weighted by atomic mass is 32.5. The second-order valence-corrected chi connectivity index (χ2v) is 21.6. The fraction of sp³-hybridized carbons (Fsp3) is 0.918. The van der Waals surface area contributed by atoms with Crippen molar-refractivity contribution in [1.82, 2.24) is 9.57 Å². The van der Waals surface area contributed by atoms with E-state index in [1.807, 2.05) is 18.5 Å². The minimum atomic E-state index is -3.14. The number of carbonyl (C=O) groups excluding carboxylic acids is 4.